The minimum absolute atomic E-state index is 0.125. The van der Waals surface area contributed by atoms with Gasteiger partial charge in [-0.1, -0.05) is 58.4 Å². The average molecular weight is 434 g/mol. The van der Waals surface area contributed by atoms with Gasteiger partial charge in [-0.3, -0.25) is 9.48 Å². The number of nitrogens with one attached hydrogen (secondary N) is 1. The zero-order valence-electron chi connectivity index (χ0n) is 15.7. The number of hydrogen-bond acceptors (Lipinski definition) is 2. The summed E-state index contributed by atoms with van der Waals surface area (Å²) in [6, 6.07) is 21.9. The molecule has 140 valence electrons. The minimum Gasteiger partial charge on any atom is -0.319 e. The smallest absolute Gasteiger partial charge is 0.255 e. The van der Waals surface area contributed by atoms with E-state index in [9.17, 15) is 4.79 Å². The Hall–Kier alpha value is -2.92. The van der Waals surface area contributed by atoms with E-state index in [1.165, 1.54) is 0 Å². The maximum absolute atomic E-state index is 12.8. The fraction of sp³-hybridized carbons (Fsp3) is 0.130. The number of aryl methyl sites for hydroxylation is 1. The van der Waals surface area contributed by atoms with Gasteiger partial charge in [0.2, 0.25) is 0 Å². The van der Waals surface area contributed by atoms with Crippen LogP contribution in [0.3, 0.4) is 0 Å². The highest BCUT2D eigenvalue weighted by molar-refractivity contribution is 9.10. The maximum Gasteiger partial charge on any atom is 0.255 e. The number of rotatable bonds is 4. The third-order valence-electron chi connectivity index (χ3n) is 4.88. The SMILES string of the molecule is Cc1nn(Cc2ccc(Br)cc2)c(C)c1NC(=O)c1ccc2ccccc2c1. The molecule has 0 saturated carbocycles. The van der Waals surface area contributed by atoms with Crippen LogP contribution in [0.5, 0.6) is 0 Å². The lowest BCUT2D eigenvalue weighted by atomic mass is 10.1. The highest BCUT2D eigenvalue weighted by Crippen LogP contribution is 2.23. The van der Waals surface area contributed by atoms with E-state index < -0.39 is 0 Å². The molecule has 0 bridgehead atoms. The second-order valence-corrected chi connectivity index (χ2v) is 7.76. The number of aromatic nitrogens is 2. The van der Waals surface area contributed by atoms with E-state index in [0.717, 1.165) is 37.9 Å². The van der Waals surface area contributed by atoms with Gasteiger partial charge in [0.1, 0.15) is 0 Å². The number of carbonyl (C=O) groups excluding carboxylic acids is 1. The van der Waals surface area contributed by atoms with Gasteiger partial charge in [0.15, 0.2) is 0 Å². The summed E-state index contributed by atoms with van der Waals surface area (Å²) in [5, 5.41) is 9.83. The van der Waals surface area contributed by atoms with Gasteiger partial charge >= 0.3 is 0 Å². The summed E-state index contributed by atoms with van der Waals surface area (Å²) in [6.45, 7) is 4.56. The van der Waals surface area contributed by atoms with Crippen LogP contribution in [0, 0.1) is 13.8 Å². The summed E-state index contributed by atoms with van der Waals surface area (Å²) in [6.07, 6.45) is 0. The first-order valence-electron chi connectivity index (χ1n) is 9.10. The fourth-order valence-electron chi connectivity index (χ4n) is 3.31. The van der Waals surface area contributed by atoms with E-state index >= 15 is 0 Å². The van der Waals surface area contributed by atoms with Crippen molar-refractivity contribution in [1.82, 2.24) is 9.78 Å². The highest BCUT2D eigenvalue weighted by atomic mass is 79.9. The number of hydrogen-bond donors (Lipinski definition) is 1. The first kappa shape index (κ1) is 18.4. The summed E-state index contributed by atoms with van der Waals surface area (Å²) < 4.78 is 2.97. The Morgan fingerprint density at radius 2 is 1.71 bits per heavy atom. The standard InChI is InChI=1S/C23H20BrN3O/c1-15-22(16(2)27(26-15)14-17-7-11-21(24)12-8-17)25-23(28)20-10-9-18-5-3-4-6-19(18)13-20/h3-13H,14H2,1-2H3,(H,25,28). The Morgan fingerprint density at radius 1 is 1.00 bits per heavy atom. The summed E-state index contributed by atoms with van der Waals surface area (Å²) >= 11 is 3.46. The largest absolute Gasteiger partial charge is 0.319 e. The van der Waals surface area contributed by atoms with Crippen LogP contribution in [0.15, 0.2) is 71.2 Å². The number of nitrogens with zero attached hydrogens (tertiary/aromatic N) is 2. The van der Waals surface area contributed by atoms with Crippen molar-refractivity contribution >= 4 is 38.3 Å². The van der Waals surface area contributed by atoms with Crippen molar-refractivity contribution < 1.29 is 4.79 Å². The van der Waals surface area contributed by atoms with Gasteiger partial charge in [0.05, 0.1) is 23.6 Å². The Kier molecular flexibility index (Phi) is 5.01. The van der Waals surface area contributed by atoms with Crippen molar-refractivity contribution in [2.75, 3.05) is 5.32 Å². The van der Waals surface area contributed by atoms with Crippen molar-refractivity contribution in [3.05, 3.63) is 93.7 Å². The minimum atomic E-state index is -0.125. The highest BCUT2D eigenvalue weighted by Gasteiger charge is 2.15. The molecule has 1 heterocycles. The second-order valence-electron chi connectivity index (χ2n) is 6.85. The summed E-state index contributed by atoms with van der Waals surface area (Å²) in [5.74, 6) is -0.125. The normalized spacial score (nSPS) is 11.0. The van der Waals surface area contributed by atoms with Gasteiger partial charge in [0.25, 0.3) is 5.91 Å². The monoisotopic (exact) mass is 433 g/mol. The lowest BCUT2D eigenvalue weighted by Gasteiger charge is -2.08. The molecule has 4 aromatic rings. The molecular weight excluding hydrogens is 414 g/mol. The van der Waals surface area contributed by atoms with Crippen molar-refractivity contribution in [3.8, 4) is 0 Å². The lowest BCUT2D eigenvalue weighted by Crippen LogP contribution is -2.13. The van der Waals surface area contributed by atoms with Gasteiger partial charge < -0.3 is 5.32 Å². The van der Waals surface area contributed by atoms with E-state index in [0.29, 0.717) is 12.1 Å². The Bertz CT molecular complexity index is 1160. The topological polar surface area (TPSA) is 46.9 Å². The van der Waals surface area contributed by atoms with Crippen LogP contribution in [0.1, 0.15) is 27.3 Å². The molecule has 0 spiro atoms. The van der Waals surface area contributed by atoms with Crippen LogP contribution < -0.4 is 5.32 Å². The number of halogens is 1. The Morgan fingerprint density at radius 3 is 2.46 bits per heavy atom. The fourth-order valence-corrected chi connectivity index (χ4v) is 3.58. The molecule has 0 unspecified atom stereocenters. The Labute approximate surface area is 172 Å². The second kappa shape index (κ2) is 7.60. The Balaban J connectivity index is 1.57. The number of benzene rings is 3. The van der Waals surface area contributed by atoms with Gasteiger partial charge in [-0.05, 0) is 54.4 Å². The van der Waals surface area contributed by atoms with Crippen LogP contribution in [0.4, 0.5) is 5.69 Å². The number of amides is 1. The maximum atomic E-state index is 12.8. The predicted octanol–water partition coefficient (Wildman–Crippen LogP) is 5.72. The molecular formula is C23H20BrN3O. The van der Waals surface area contributed by atoms with Gasteiger partial charge in [-0.25, -0.2) is 0 Å². The summed E-state index contributed by atoms with van der Waals surface area (Å²) in [7, 11) is 0. The summed E-state index contributed by atoms with van der Waals surface area (Å²) in [5.41, 5.74) is 4.31. The molecule has 4 rings (SSSR count). The van der Waals surface area contributed by atoms with E-state index in [-0.39, 0.29) is 5.91 Å². The van der Waals surface area contributed by atoms with E-state index in [2.05, 4.69) is 38.5 Å². The van der Waals surface area contributed by atoms with Crippen molar-refractivity contribution in [2.24, 2.45) is 0 Å². The van der Waals surface area contributed by atoms with Crippen molar-refractivity contribution in [1.29, 1.82) is 0 Å². The van der Waals surface area contributed by atoms with E-state index in [1.807, 2.05) is 73.1 Å². The number of anilines is 1. The van der Waals surface area contributed by atoms with Crippen LogP contribution in [-0.2, 0) is 6.54 Å². The van der Waals surface area contributed by atoms with E-state index in [1.54, 1.807) is 0 Å². The zero-order chi connectivity index (χ0) is 19.7. The van der Waals surface area contributed by atoms with Crippen LogP contribution in [0.2, 0.25) is 0 Å². The van der Waals surface area contributed by atoms with Crippen molar-refractivity contribution in [2.45, 2.75) is 20.4 Å². The van der Waals surface area contributed by atoms with Gasteiger partial charge in [0, 0.05) is 10.0 Å². The van der Waals surface area contributed by atoms with Gasteiger partial charge in [-0.2, -0.15) is 5.10 Å². The molecule has 0 aliphatic heterocycles. The van der Waals surface area contributed by atoms with Crippen LogP contribution in [-0.4, -0.2) is 15.7 Å². The molecule has 0 radical (unpaired) electrons. The molecule has 0 aliphatic carbocycles. The molecule has 1 amide bonds. The first-order chi connectivity index (χ1) is 13.5. The molecule has 1 N–H and O–H groups in total. The van der Waals surface area contributed by atoms with Crippen molar-refractivity contribution in [3.63, 3.8) is 0 Å². The van der Waals surface area contributed by atoms with E-state index in [4.69, 9.17) is 0 Å². The molecule has 0 fully saturated rings. The van der Waals surface area contributed by atoms with Gasteiger partial charge in [-0.15, -0.1) is 0 Å². The average Bonchev–Trinajstić information content (AvgIpc) is 2.96. The molecule has 0 saturated heterocycles. The molecule has 28 heavy (non-hydrogen) atoms. The number of fused-ring (bicyclic) bond motifs is 1. The number of carbonyl (C=O) groups is 1. The molecule has 5 heteroatoms. The zero-order valence-corrected chi connectivity index (χ0v) is 17.3. The van der Waals surface area contributed by atoms with Crippen LogP contribution in [0.25, 0.3) is 10.8 Å². The third kappa shape index (κ3) is 3.71. The quantitative estimate of drug-likeness (QED) is 0.447. The molecule has 0 atom stereocenters. The predicted molar refractivity (Wildman–Crippen MR) is 117 cm³/mol. The summed E-state index contributed by atoms with van der Waals surface area (Å²) in [4.78, 5) is 12.8. The third-order valence-corrected chi connectivity index (χ3v) is 5.41. The lowest BCUT2D eigenvalue weighted by molar-refractivity contribution is 0.102. The first-order valence-corrected chi connectivity index (χ1v) is 9.89. The molecule has 0 aliphatic rings. The molecule has 3 aromatic carbocycles. The molecule has 4 nitrogen and oxygen atoms in total. The molecule has 1 aromatic heterocycles. The van der Waals surface area contributed by atoms with Crippen LogP contribution >= 0.6 is 15.9 Å².